The first-order valence-corrected chi connectivity index (χ1v) is 7.81. The van der Waals surface area contributed by atoms with Crippen molar-refractivity contribution in [3.05, 3.63) is 12.4 Å². The smallest absolute Gasteiger partial charge is 0.325 e. The Morgan fingerprint density at radius 3 is 2.90 bits per heavy atom. The van der Waals surface area contributed by atoms with E-state index in [2.05, 4.69) is 14.7 Å². The van der Waals surface area contributed by atoms with Crippen molar-refractivity contribution < 1.29 is 18.3 Å². The quantitative estimate of drug-likeness (QED) is 0.660. The minimum absolute atomic E-state index is 0.0205. The molecule has 20 heavy (non-hydrogen) atoms. The minimum Gasteiger partial charge on any atom is -0.480 e. The molecule has 9 heteroatoms. The first kappa shape index (κ1) is 14.9. The molecule has 0 aliphatic heterocycles. The number of rotatable bonds is 8. The summed E-state index contributed by atoms with van der Waals surface area (Å²) in [5, 5.41) is 12.3. The lowest BCUT2D eigenvalue weighted by molar-refractivity contribution is -0.137. The van der Waals surface area contributed by atoms with E-state index < -0.39 is 16.0 Å². The number of nitrogens with zero attached hydrogens (tertiary/aromatic N) is 3. The number of likely N-dealkylation sites (N-methyl/N-ethyl adjacent to an activating group) is 1. The molecule has 1 aliphatic rings. The number of carboxylic acids is 1. The van der Waals surface area contributed by atoms with E-state index >= 15 is 0 Å². The standard InChI is InChI=1S/C11H18N4O4S/c1-14(9-2-3-9)5-4-13-20(18,19)10-6-12-15(7-10)8-11(16)17/h6-7,9,13H,2-5,8H2,1H3,(H,16,17). The van der Waals surface area contributed by atoms with Gasteiger partial charge in [0.15, 0.2) is 0 Å². The lowest BCUT2D eigenvalue weighted by atomic mass is 10.5. The average Bonchev–Trinajstić information content (AvgIpc) is 3.09. The van der Waals surface area contributed by atoms with E-state index in [4.69, 9.17) is 5.11 Å². The van der Waals surface area contributed by atoms with Crippen LogP contribution in [0.2, 0.25) is 0 Å². The summed E-state index contributed by atoms with van der Waals surface area (Å²) in [6, 6.07) is 0.581. The highest BCUT2D eigenvalue weighted by Gasteiger charge is 2.26. The van der Waals surface area contributed by atoms with E-state index in [1.54, 1.807) is 0 Å². The van der Waals surface area contributed by atoms with Crippen molar-refractivity contribution >= 4 is 16.0 Å². The van der Waals surface area contributed by atoms with Crippen LogP contribution >= 0.6 is 0 Å². The molecule has 1 fully saturated rings. The van der Waals surface area contributed by atoms with Gasteiger partial charge >= 0.3 is 5.97 Å². The van der Waals surface area contributed by atoms with Gasteiger partial charge in [-0.3, -0.25) is 9.48 Å². The number of carboxylic acid groups (broad SMARTS) is 1. The predicted octanol–water partition coefficient (Wildman–Crippen LogP) is -0.660. The normalized spacial score (nSPS) is 15.7. The van der Waals surface area contributed by atoms with Gasteiger partial charge in [0.1, 0.15) is 11.4 Å². The van der Waals surface area contributed by atoms with Crippen LogP contribution in [0.3, 0.4) is 0 Å². The molecular formula is C11H18N4O4S. The van der Waals surface area contributed by atoms with E-state index in [1.807, 2.05) is 7.05 Å². The zero-order valence-electron chi connectivity index (χ0n) is 11.2. The Bertz CT molecular complexity index is 579. The van der Waals surface area contributed by atoms with Crippen molar-refractivity contribution in [1.82, 2.24) is 19.4 Å². The summed E-state index contributed by atoms with van der Waals surface area (Å²) in [7, 11) is -1.66. The highest BCUT2D eigenvalue weighted by atomic mass is 32.2. The van der Waals surface area contributed by atoms with Crippen molar-refractivity contribution in [2.75, 3.05) is 20.1 Å². The molecule has 0 saturated heterocycles. The van der Waals surface area contributed by atoms with Gasteiger partial charge in [0.2, 0.25) is 10.0 Å². The second kappa shape index (κ2) is 5.90. The van der Waals surface area contributed by atoms with Crippen LogP contribution in [0.25, 0.3) is 0 Å². The number of nitrogens with one attached hydrogen (secondary N) is 1. The van der Waals surface area contributed by atoms with Crippen LogP contribution in [-0.2, 0) is 21.4 Å². The van der Waals surface area contributed by atoms with Crippen LogP contribution in [0.1, 0.15) is 12.8 Å². The molecule has 2 rings (SSSR count). The molecule has 1 aliphatic carbocycles. The maximum atomic E-state index is 12.0. The topological polar surface area (TPSA) is 105 Å². The van der Waals surface area contributed by atoms with Crippen LogP contribution in [0.4, 0.5) is 0 Å². The Balaban J connectivity index is 1.88. The molecule has 0 amide bonds. The maximum Gasteiger partial charge on any atom is 0.325 e. The van der Waals surface area contributed by atoms with Gasteiger partial charge in [-0.05, 0) is 19.9 Å². The second-order valence-electron chi connectivity index (χ2n) is 4.88. The van der Waals surface area contributed by atoms with E-state index in [0.717, 1.165) is 10.9 Å². The Labute approximate surface area is 117 Å². The Hall–Kier alpha value is -1.45. The van der Waals surface area contributed by atoms with Crippen LogP contribution < -0.4 is 4.72 Å². The molecule has 0 bridgehead atoms. The summed E-state index contributed by atoms with van der Waals surface area (Å²) in [6.45, 7) is 0.604. The average molecular weight is 302 g/mol. The van der Waals surface area contributed by atoms with Gasteiger partial charge in [-0.1, -0.05) is 0 Å². The third-order valence-electron chi connectivity index (χ3n) is 3.14. The number of aromatic nitrogens is 2. The van der Waals surface area contributed by atoms with Crippen LogP contribution in [0.5, 0.6) is 0 Å². The molecule has 0 aromatic carbocycles. The third-order valence-corrected chi connectivity index (χ3v) is 4.56. The van der Waals surface area contributed by atoms with Crippen molar-refractivity contribution in [2.45, 2.75) is 30.3 Å². The maximum absolute atomic E-state index is 12.0. The largest absolute Gasteiger partial charge is 0.480 e. The molecule has 2 N–H and O–H groups in total. The summed E-state index contributed by atoms with van der Waals surface area (Å²) in [4.78, 5) is 12.6. The van der Waals surface area contributed by atoms with Gasteiger partial charge in [-0.25, -0.2) is 13.1 Å². The molecule has 1 saturated carbocycles. The van der Waals surface area contributed by atoms with E-state index in [1.165, 1.54) is 19.0 Å². The monoisotopic (exact) mass is 302 g/mol. The van der Waals surface area contributed by atoms with E-state index in [9.17, 15) is 13.2 Å². The van der Waals surface area contributed by atoms with Gasteiger partial charge < -0.3 is 10.0 Å². The fraction of sp³-hybridized carbons (Fsp3) is 0.636. The zero-order chi connectivity index (χ0) is 14.8. The number of hydrogen-bond acceptors (Lipinski definition) is 5. The summed E-state index contributed by atoms with van der Waals surface area (Å²) in [5.74, 6) is -1.07. The minimum atomic E-state index is -3.63. The molecule has 0 radical (unpaired) electrons. The zero-order valence-corrected chi connectivity index (χ0v) is 12.0. The van der Waals surface area contributed by atoms with E-state index in [-0.39, 0.29) is 11.4 Å². The number of carbonyl (C=O) groups is 1. The van der Waals surface area contributed by atoms with Gasteiger partial charge in [0.05, 0.1) is 6.20 Å². The fourth-order valence-electron chi connectivity index (χ4n) is 1.85. The summed E-state index contributed by atoms with van der Waals surface area (Å²) >= 11 is 0. The van der Waals surface area contributed by atoms with Crippen molar-refractivity contribution in [3.63, 3.8) is 0 Å². The van der Waals surface area contributed by atoms with E-state index in [0.29, 0.717) is 19.1 Å². The van der Waals surface area contributed by atoms with Crippen LogP contribution in [0.15, 0.2) is 17.3 Å². The van der Waals surface area contributed by atoms with Crippen LogP contribution in [-0.4, -0.2) is 60.4 Å². The second-order valence-corrected chi connectivity index (χ2v) is 6.64. The number of hydrogen-bond donors (Lipinski definition) is 2. The van der Waals surface area contributed by atoms with Gasteiger partial charge in [0.25, 0.3) is 0 Å². The predicted molar refractivity (Wildman–Crippen MR) is 70.7 cm³/mol. The molecule has 0 unspecified atom stereocenters. The summed E-state index contributed by atoms with van der Waals surface area (Å²) in [5.41, 5.74) is 0. The van der Waals surface area contributed by atoms with Gasteiger partial charge in [-0.15, -0.1) is 0 Å². The summed E-state index contributed by atoms with van der Waals surface area (Å²) < 4.78 is 27.5. The van der Waals surface area contributed by atoms with Crippen molar-refractivity contribution in [3.8, 4) is 0 Å². The highest BCUT2D eigenvalue weighted by Crippen LogP contribution is 2.24. The highest BCUT2D eigenvalue weighted by molar-refractivity contribution is 7.89. The first-order valence-electron chi connectivity index (χ1n) is 6.32. The Morgan fingerprint density at radius 2 is 2.30 bits per heavy atom. The van der Waals surface area contributed by atoms with Gasteiger partial charge in [-0.2, -0.15) is 5.10 Å². The molecular weight excluding hydrogens is 284 g/mol. The molecule has 0 spiro atoms. The molecule has 1 aromatic heterocycles. The lowest BCUT2D eigenvalue weighted by Gasteiger charge is -2.15. The SMILES string of the molecule is CN(CCNS(=O)(=O)c1cnn(CC(=O)O)c1)C1CC1. The molecule has 8 nitrogen and oxygen atoms in total. The molecule has 112 valence electrons. The molecule has 0 atom stereocenters. The molecule has 1 aromatic rings. The third kappa shape index (κ3) is 4.02. The molecule has 1 heterocycles. The lowest BCUT2D eigenvalue weighted by Crippen LogP contribution is -2.33. The van der Waals surface area contributed by atoms with Crippen molar-refractivity contribution in [1.29, 1.82) is 0 Å². The Kier molecular flexibility index (Phi) is 4.41. The fourth-order valence-corrected chi connectivity index (χ4v) is 2.82. The van der Waals surface area contributed by atoms with Crippen LogP contribution in [0, 0.1) is 0 Å². The first-order chi connectivity index (χ1) is 9.38. The van der Waals surface area contributed by atoms with Crippen molar-refractivity contribution in [2.24, 2.45) is 0 Å². The summed E-state index contributed by atoms with van der Waals surface area (Å²) in [6.07, 6.45) is 4.70. The Morgan fingerprint density at radius 1 is 1.60 bits per heavy atom. The number of aliphatic carboxylic acids is 1. The number of sulfonamides is 1. The van der Waals surface area contributed by atoms with Gasteiger partial charge in [0, 0.05) is 25.3 Å².